The van der Waals surface area contributed by atoms with E-state index in [1.165, 1.54) is 18.5 Å². The van der Waals surface area contributed by atoms with E-state index in [1.807, 2.05) is 0 Å². The summed E-state index contributed by atoms with van der Waals surface area (Å²) in [6.07, 6.45) is 1.76. The molecule has 3 rings (SSSR count). The maximum Gasteiger partial charge on any atom is 0.268 e. The van der Waals surface area contributed by atoms with Gasteiger partial charge in [0.25, 0.3) is 5.92 Å². The van der Waals surface area contributed by atoms with Crippen LogP contribution < -0.4 is 0 Å². The lowest BCUT2D eigenvalue weighted by atomic mass is 10.0. The normalized spacial score (nSPS) is 17.0. The molecule has 5 nitrogen and oxygen atoms in total. The summed E-state index contributed by atoms with van der Waals surface area (Å²) in [5.41, 5.74) is 1.39. The number of ketones is 1. The zero-order valence-electron chi connectivity index (χ0n) is 15.7. The van der Waals surface area contributed by atoms with Crippen LogP contribution in [0.3, 0.4) is 0 Å². The highest BCUT2D eigenvalue weighted by molar-refractivity contribution is 6.30. The average molecular weight is 428 g/mol. The Hall–Kier alpha value is -3.29. The molecule has 0 unspecified atom stereocenters. The number of alkyl halides is 2. The maximum atomic E-state index is 13.5. The molecular weight excluding hydrogens is 412 g/mol. The second kappa shape index (κ2) is 9.02. The molecular formula is C22H16ClF2N3O2. The van der Waals surface area contributed by atoms with E-state index in [2.05, 4.69) is 16.8 Å². The number of rotatable bonds is 4. The number of nitrogens with zero attached hydrogens (tertiary/aromatic N) is 3. The molecule has 1 saturated heterocycles. The molecule has 0 bridgehead atoms. The topological polar surface area (TPSA) is 74.1 Å². The summed E-state index contributed by atoms with van der Waals surface area (Å²) >= 11 is 5.84. The fourth-order valence-electron chi connectivity index (χ4n) is 3.10. The molecule has 0 N–H and O–H groups in total. The smallest absolute Gasteiger partial charge is 0.268 e. The molecule has 0 spiro atoms. The lowest BCUT2D eigenvalue weighted by molar-refractivity contribution is -0.132. The number of carbonyl (C=O) groups is 2. The van der Waals surface area contributed by atoms with Crippen LogP contribution in [-0.4, -0.2) is 40.1 Å². The number of benzene rings is 1. The zero-order valence-corrected chi connectivity index (χ0v) is 16.5. The molecule has 1 fully saturated rings. The number of carbonyl (C=O) groups excluding carboxylic acids is 2. The first-order valence-electron chi connectivity index (χ1n) is 9.11. The minimum Gasteiger partial charge on any atom is -0.320 e. The van der Waals surface area contributed by atoms with Gasteiger partial charge in [0, 0.05) is 47.8 Å². The predicted octanol–water partition coefficient (Wildman–Crippen LogP) is 3.86. The summed E-state index contributed by atoms with van der Waals surface area (Å²) in [4.78, 5) is 29.7. The minimum atomic E-state index is -3.09. The van der Waals surface area contributed by atoms with Crippen LogP contribution in [0.2, 0.25) is 5.02 Å². The second-order valence-corrected chi connectivity index (χ2v) is 7.26. The minimum absolute atomic E-state index is 0.182. The second-order valence-electron chi connectivity index (χ2n) is 6.83. The maximum absolute atomic E-state index is 13.5. The molecule has 1 atom stereocenters. The quantitative estimate of drug-likeness (QED) is 0.548. The third-order valence-electron chi connectivity index (χ3n) is 4.61. The molecule has 1 amide bonds. The molecule has 1 aromatic heterocycles. The molecule has 0 saturated carbocycles. The van der Waals surface area contributed by atoms with Gasteiger partial charge in [0.05, 0.1) is 18.2 Å². The Bertz CT molecular complexity index is 1070. The molecule has 1 aromatic carbocycles. The predicted molar refractivity (Wildman–Crippen MR) is 106 cm³/mol. The van der Waals surface area contributed by atoms with Crippen molar-refractivity contribution in [1.82, 2.24) is 9.88 Å². The Morgan fingerprint density at radius 2 is 1.93 bits per heavy atom. The van der Waals surface area contributed by atoms with Crippen molar-refractivity contribution in [1.29, 1.82) is 5.26 Å². The van der Waals surface area contributed by atoms with Crippen LogP contribution in [0, 0.1) is 23.2 Å². The molecule has 0 aliphatic carbocycles. The number of pyridine rings is 1. The van der Waals surface area contributed by atoms with Crippen molar-refractivity contribution in [2.45, 2.75) is 31.2 Å². The Balaban J connectivity index is 1.69. The van der Waals surface area contributed by atoms with E-state index in [0.29, 0.717) is 21.7 Å². The molecule has 2 aromatic rings. The number of aromatic nitrogens is 1. The third-order valence-corrected chi connectivity index (χ3v) is 4.86. The molecule has 152 valence electrons. The molecule has 1 aliphatic rings. The summed E-state index contributed by atoms with van der Waals surface area (Å²) in [6, 6.07) is 8.92. The van der Waals surface area contributed by atoms with Crippen LogP contribution in [0.4, 0.5) is 8.78 Å². The fourth-order valence-corrected chi connectivity index (χ4v) is 3.23. The molecule has 30 heavy (non-hydrogen) atoms. The lowest BCUT2D eigenvalue weighted by Crippen LogP contribution is -2.36. The Morgan fingerprint density at radius 1 is 1.20 bits per heavy atom. The van der Waals surface area contributed by atoms with Gasteiger partial charge in [0.1, 0.15) is 6.04 Å². The van der Waals surface area contributed by atoms with E-state index in [4.69, 9.17) is 16.9 Å². The fraction of sp³-hybridized carbons (Fsp3) is 0.273. The van der Waals surface area contributed by atoms with Crippen molar-refractivity contribution in [3.05, 3.63) is 64.4 Å². The van der Waals surface area contributed by atoms with Gasteiger partial charge in [-0.15, -0.1) is 0 Å². The largest absolute Gasteiger partial charge is 0.320 e. The Kier molecular flexibility index (Phi) is 6.44. The number of likely N-dealkylation sites (tertiary alicyclic amines) is 1. The highest BCUT2D eigenvalue weighted by Gasteiger charge is 2.47. The zero-order chi connectivity index (χ0) is 21.7. The highest BCUT2D eigenvalue weighted by atomic mass is 35.5. The molecule has 0 radical (unpaired) electrons. The summed E-state index contributed by atoms with van der Waals surface area (Å²) in [7, 11) is 0. The van der Waals surface area contributed by atoms with Gasteiger partial charge in [-0.25, -0.2) is 8.78 Å². The number of nitriles is 1. The van der Waals surface area contributed by atoms with E-state index >= 15 is 0 Å². The van der Waals surface area contributed by atoms with E-state index < -0.39 is 30.8 Å². The van der Waals surface area contributed by atoms with Crippen molar-refractivity contribution in [3.8, 4) is 17.9 Å². The Morgan fingerprint density at radius 3 is 2.63 bits per heavy atom. The SMILES string of the molecule is N#C[C@@H]1CC(F)(F)CN1C(=O)CCC(=O)c1ccncc1C#Cc1ccc(Cl)cc1. The van der Waals surface area contributed by atoms with E-state index in [9.17, 15) is 18.4 Å². The van der Waals surface area contributed by atoms with Crippen LogP contribution in [0.15, 0.2) is 42.7 Å². The first-order chi connectivity index (χ1) is 14.3. The Labute approximate surface area is 177 Å². The van der Waals surface area contributed by atoms with Gasteiger partial charge in [-0.2, -0.15) is 5.26 Å². The molecule has 1 aliphatic heterocycles. The summed E-state index contributed by atoms with van der Waals surface area (Å²) in [5.74, 6) is 1.72. The molecule has 2 heterocycles. The van der Waals surface area contributed by atoms with Gasteiger partial charge < -0.3 is 4.90 Å². The average Bonchev–Trinajstić information content (AvgIpc) is 3.06. The van der Waals surface area contributed by atoms with Crippen molar-refractivity contribution in [2.24, 2.45) is 0 Å². The number of hydrogen-bond donors (Lipinski definition) is 0. The van der Waals surface area contributed by atoms with Gasteiger partial charge in [0.15, 0.2) is 5.78 Å². The van der Waals surface area contributed by atoms with Crippen LogP contribution >= 0.6 is 11.6 Å². The summed E-state index contributed by atoms with van der Waals surface area (Å²) in [6.45, 7) is -0.800. The monoisotopic (exact) mass is 427 g/mol. The van der Waals surface area contributed by atoms with Crippen molar-refractivity contribution in [3.63, 3.8) is 0 Å². The number of halogens is 3. The van der Waals surface area contributed by atoms with Crippen molar-refractivity contribution in [2.75, 3.05) is 6.54 Å². The number of hydrogen-bond acceptors (Lipinski definition) is 4. The van der Waals surface area contributed by atoms with Gasteiger partial charge >= 0.3 is 0 Å². The van der Waals surface area contributed by atoms with Crippen LogP contribution in [0.5, 0.6) is 0 Å². The van der Waals surface area contributed by atoms with E-state index in [-0.39, 0.29) is 18.6 Å². The lowest BCUT2D eigenvalue weighted by Gasteiger charge is -2.18. The first kappa shape index (κ1) is 21.4. The number of amides is 1. The van der Waals surface area contributed by atoms with Crippen LogP contribution in [0.1, 0.15) is 40.7 Å². The van der Waals surface area contributed by atoms with Crippen molar-refractivity contribution < 1.29 is 18.4 Å². The van der Waals surface area contributed by atoms with Crippen LogP contribution in [-0.2, 0) is 4.79 Å². The van der Waals surface area contributed by atoms with Gasteiger partial charge in [-0.05, 0) is 30.3 Å². The van der Waals surface area contributed by atoms with E-state index in [0.717, 1.165) is 4.90 Å². The highest BCUT2D eigenvalue weighted by Crippen LogP contribution is 2.32. The standard InChI is InChI=1S/C22H16ClF2N3O2/c23-17-5-2-15(3-6-17)1-4-16-13-27-10-9-19(16)20(29)7-8-21(30)28-14-22(24,25)11-18(28)12-26/h2-3,5-6,9-10,13,18H,7-8,11,14H2/t18-/m0/s1. The van der Waals surface area contributed by atoms with Gasteiger partial charge in [-0.3, -0.25) is 14.6 Å². The molecule has 8 heteroatoms. The summed E-state index contributed by atoms with van der Waals surface area (Å²) in [5, 5.41) is 9.58. The van der Waals surface area contributed by atoms with E-state index in [1.54, 1.807) is 30.3 Å². The third kappa shape index (κ3) is 5.20. The van der Waals surface area contributed by atoms with Gasteiger partial charge in [0.2, 0.25) is 5.91 Å². The van der Waals surface area contributed by atoms with Crippen LogP contribution in [0.25, 0.3) is 0 Å². The number of Topliss-reactive ketones (excluding diaryl/α,β-unsaturated/α-hetero) is 1. The van der Waals surface area contributed by atoms with Gasteiger partial charge in [-0.1, -0.05) is 23.4 Å². The van der Waals surface area contributed by atoms with Crippen molar-refractivity contribution >= 4 is 23.3 Å². The summed E-state index contributed by atoms with van der Waals surface area (Å²) < 4.78 is 27.0. The first-order valence-corrected chi connectivity index (χ1v) is 9.48.